The van der Waals surface area contributed by atoms with Gasteiger partial charge in [0.05, 0.1) is 12.9 Å². The molecule has 4 aromatic rings. The molecule has 0 aliphatic heterocycles. The molecule has 0 saturated carbocycles. The number of aromatic nitrogens is 4. The first-order chi connectivity index (χ1) is 13.2. The van der Waals surface area contributed by atoms with E-state index in [1.807, 2.05) is 41.9 Å². The van der Waals surface area contributed by atoms with Crippen LogP contribution in [0.1, 0.15) is 5.56 Å². The molecule has 1 amide bonds. The summed E-state index contributed by atoms with van der Waals surface area (Å²) in [4.78, 5) is 26.4. The third-order valence-electron chi connectivity index (χ3n) is 4.04. The molecule has 3 heterocycles. The number of carbonyl (C=O) groups is 1. The van der Waals surface area contributed by atoms with E-state index in [1.165, 1.54) is 11.3 Å². The van der Waals surface area contributed by atoms with Crippen LogP contribution >= 0.6 is 11.3 Å². The van der Waals surface area contributed by atoms with Crippen molar-refractivity contribution < 1.29 is 9.53 Å². The number of anilines is 2. The lowest BCUT2D eigenvalue weighted by molar-refractivity contribution is -0.121. The lowest BCUT2D eigenvalue weighted by Gasteiger charge is -2.04. The van der Waals surface area contributed by atoms with Gasteiger partial charge in [0, 0.05) is 14.1 Å². The van der Waals surface area contributed by atoms with Crippen LogP contribution in [0.25, 0.3) is 21.4 Å². The summed E-state index contributed by atoms with van der Waals surface area (Å²) in [6.45, 7) is 0.345. The average Bonchev–Trinajstić information content (AvgIpc) is 3.24. The Bertz CT molecular complexity index is 1110. The maximum atomic E-state index is 12.2. The number of thiazole rings is 1. The van der Waals surface area contributed by atoms with Gasteiger partial charge in [-0.1, -0.05) is 41.7 Å². The van der Waals surface area contributed by atoms with Crippen molar-refractivity contribution in [3.63, 3.8) is 0 Å². The number of ether oxygens (including phenoxy) is 1. The van der Waals surface area contributed by atoms with E-state index < -0.39 is 0 Å². The molecule has 3 aromatic heterocycles. The molecule has 0 unspecified atom stereocenters. The Morgan fingerprint density at radius 2 is 2.04 bits per heavy atom. The van der Waals surface area contributed by atoms with Crippen molar-refractivity contribution in [3.8, 4) is 0 Å². The molecule has 0 fully saturated rings. The Morgan fingerprint density at radius 3 is 2.81 bits per heavy atom. The molecule has 2 N–H and O–H groups in total. The summed E-state index contributed by atoms with van der Waals surface area (Å²) in [5, 5.41) is 6.33. The SMILES string of the molecule is CNc1nc2sc(NC(=O)COCc3ccccc3)nc2c2c1ncn2C. The molecule has 0 radical (unpaired) electrons. The number of aryl methyl sites for hydroxylation is 1. The number of pyridine rings is 1. The Morgan fingerprint density at radius 1 is 1.22 bits per heavy atom. The lowest BCUT2D eigenvalue weighted by Crippen LogP contribution is -2.18. The van der Waals surface area contributed by atoms with Gasteiger partial charge < -0.3 is 14.6 Å². The van der Waals surface area contributed by atoms with E-state index in [1.54, 1.807) is 13.4 Å². The molecule has 0 saturated heterocycles. The van der Waals surface area contributed by atoms with Gasteiger partial charge in [0.15, 0.2) is 10.9 Å². The fourth-order valence-corrected chi connectivity index (χ4v) is 3.66. The zero-order valence-corrected chi connectivity index (χ0v) is 15.7. The molecule has 9 heteroatoms. The molecule has 0 spiro atoms. The zero-order chi connectivity index (χ0) is 18.8. The van der Waals surface area contributed by atoms with E-state index in [0.717, 1.165) is 26.9 Å². The molecule has 4 rings (SSSR count). The molecule has 27 heavy (non-hydrogen) atoms. The fourth-order valence-electron chi connectivity index (χ4n) is 2.80. The Kier molecular flexibility index (Phi) is 4.69. The molecule has 1 aromatic carbocycles. The van der Waals surface area contributed by atoms with Crippen LogP contribution in [0.2, 0.25) is 0 Å². The summed E-state index contributed by atoms with van der Waals surface area (Å²) < 4.78 is 7.36. The summed E-state index contributed by atoms with van der Waals surface area (Å²) in [5.74, 6) is 0.436. The van der Waals surface area contributed by atoms with Crippen molar-refractivity contribution in [2.45, 2.75) is 6.61 Å². The van der Waals surface area contributed by atoms with E-state index in [0.29, 0.717) is 17.6 Å². The average molecular weight is 382 g/mol. The molecule has 0 aliphatic rings. The zero-order valence-electron chi connectivity index (χ0n) is 14.9. The highest BCUT2D eigenvalue weighted by molar-refractivity contribution is 7.22. The highest BCUT2D eigenvalue weighted by Gasteiger charge is 2.17. The highest BCUT2D eigenvalue weighted by Crippen LogP contribution is 2.32. The van der Waals surface area contributed by atoms with Gasteiger partial charge in [0.25, 0.3) is 5.91 Å². The maximum absolute atomic E-state index is 12.2. The number of nitrogens with zero attached hydrogens (tertiary/aromatic N) is 4. The number of benzene rings is 1. The van der Waals surface area contributed by atoms with Crippen LogP contribution < -0.4 is 10.6 Å². The first kappa shape index (κ1) is 17.4. The minimum atomic E-state index is -0.250. The maximum Gasteiger partial charge on any atom is 0.252 e. The minimum absolute atomic E-state index is 0.0405. The number of hydrogen-bond donors (Lipinski definition) is 2. The number of rotatable bonds is 6. The van der Waals surface area contributed by atoms with Gasteiger partial charge in [-0.25, -0.2) is 15.0 Å². The monoisotopic (exact) mass is 382 g/mol. The number of amides is 1. The largest absolute Gasteiger partial charge is 0.371 e. The predicted octanol–water partition coefficient (Wildman–Crippen LogP) is 2.78. The number of imidazole rings is 1. The second-order valence-corrected chi connectivity index (χ2v) is 6.94. The smallest absolute Gasteiger partial charge is 0.252 e. The molecular weight excluding hydrogens is 364 g/mol. The van der Waals surface area contributed by atoms with Crippen molar-refractivity contribution >= 4 is 49.6 Å². The molecule has 0 aliphatic carbocycles. The first-order valence-corrected chi connectivity index (χ1v) is 9.18. The predicted molar refractivity (Wildman–Crippen MR) is 106 cm³/mol. The molecule has 0 bridgehead atoms. The summed E-state index contributed by atoms with van der Waals surface area (Å²) in [5.41, 5.74) is 3.37. The van der Waals surface area contributed by atoms with Gasteiger partial charge in [-0.15, -0.1) is 0 Å². The Hall–Kier alpha value is -3.04. The summed E-state index contributed by atoms with van der Waals surface area (Å²) in [6, 6.07) is 9.72. The third-order valence-corrected chi connectivity index (χ3v) is 4.90. The van der Waals surface area contributed by atoms with Gasteiger partial charge in [0.1, 0.15) is 28.0 Å². The minimum Gasteiger partial charge on any atom is -0.371 e. The third kappa shape index (κ3) is 3.46. The van der Waals surface area contributed by atoms with E-state index in [2.05, 4.69) is 25.6 Å². The van der Waals surface area contributed by atoms with Crippen LogP contribution in [0.4, 0.5) is 10.9 Å². The van der Waals surface area contributed by atoms with Crippen molar-refractivity contribution in [2.24, 2.45) is 7.05 Å². The number of nitrogens with one attached hydrogen (secondary N) is 2. The van der Waals surface area contributed by atoms with Crippen LogP contribution in [0.15, 0.2) is 36.7 Å². The van der Waals surface area contributed by atoms with Crippen LogP contribution in [0, 0.1) is 0 Å². The lowest BCUT2D eigenvalue weighted by atomic mass is 10.2. The number of fused-ring (bicyclic) bond motifs is 3. The van der Waals surface area contributed by atoms with Crippen LogP contribution in [-0.4, -0.2) is 39.1 Å². The quantitative estimate of drug-likeness (QED) is 0.533. The van der Waals surface area contributed by atoms with Crippen molar-refractivity contribution in [3.05, 3.63) is 42.2 Å². The van der Waals surface area contributed by atoms with E-state index >= 15 is 0 Å². The van der Waals surface area contributed by atoms with Gasteiger partial charge in [-0.3, -0.25) is 10.1 Å². The Balaban J connectivity index is 1.50. The van der Waals surface area contributed by atoms with Crippen molar-refractivity contribution in [2.75, 3.05) is 24.3 Å². The molecule has 0 atom stereocenters. The summed E-state index contributed by atoms with van der Waals surface area (Å²) in [7, 11) is 3.71. The van der Waals surface area contributed by atoms with Crippen molar-refractivity contribution in [1.82, 2.24) is 19.5 Å². The number of hydrogen-bond acceptors (Lipinski definition) is 7. The second kappa shape index (κ2) is 7.29. The van der Waals surface area contributed by atoms with Gasteiger partial charge >= 0.3 is 0 Å². The van der Waals surface area contributed by atoms with E-state index in [9.17, 15) is 4.79 Å². The van der Waals surface area contributed by atoms with Gasteiger partial charge in [-0.05, 0) is 5.56 Å². The number of carbonyl (C=O) groups excluding carboxylic acids is 1. The van der Waals surface area contributed by atoms with Crippen LogP contribution in [0.3, 0.4) is 0 Å². The van der Waals surface area contributed by atoms with Gasteiger partial charge in [0.2, 0.25) is 0 Å². The van der Waals surface area contributed by atoms with Crippen LogP contribution in [0.5, 0.6) is 0 Å². The fraction of sp³-hybridized carbons (Fsp3) is 0.222. The molecule has 138 valence electrons. The Labute approximate surface area is 159 Å². The van der Waals surface area contributed by atoms with E-state index in [4.69, 9.17) is 4.74 Å². The topological polar surface area (TPSA) is 94.0 Å². The van der Waals surface area contributed by atoms with Crippen molar-refractivity contribution in [1.29, 1.82) is 0 Å². The standard InChI is InChI=1S/C18H18N6O2S/c1-19-16-13-15(24(2)10-20-13)14-17(23-16)27-18(22-14)21-12(25)9-26-8-11-6-4-3-5-7-11/h3-7,10H,8-9H2,1-2H3,(H,19,23)(H,21,22,25). The van der Waals surface area contributed by atoms with Gasteiger partial charge in [-0.2, -0.15) is 0 Å². The summed E-state index contributed by atoms with van der Waals surface area (Å²) in [6.07, 6.45) is 1.72. The first-order valence-electron chi connectivity index (χ1n) is 8.36. The molecule has 8 nitrogen and oxygen atoms in total. The normalized spacial score (nSPS) is 11.2. The van der Waals surface area contributed by atoms with E-state index in [-0.39, 0.29) is 12.5 Å². The van der Waals surface area contributed by atoms with Crippen LogP contribution in [-0.2, 0) is 23.2 Å². The summed E-state index contributed by atoms with van der Waals surface area (Å²) >= 11 is 1.32. The second-order valence-electron chi connectivity index (χ2n) is 5.96. The molecular formula is C18H18N6O2S. The highest BCUT2D eigenvalue weighted by atomic mass is 32.1.